The van der Waals surface area contributed by atoms with Gasteiger partial charge in [0.1, 0.15) is 0 Å². The first kappa shape index (κ1) is 22.8. The number of imidazole rings is 1. The summed E-state index contributed by atoms with van der Waals surface area (Å²) >= 11 is 6.49. The predicted molar refractivity (Wildman–Crippen MR) is 124 cm³/mol. The number of ether oxygens (including phenoxy) is 2. The number of rotatable bonds is 5. The van der Waals surface area contributed by atoms with Gasteiger partial charge in [0.15, 0.2) is 12.3 Å². The lowest BCUT2D eigenvalue weighted by Gasteiger charge is -2.31. The topological polar surface area (TPSA) is 83.6 Å². The van der Waals surface area contributed by atoms with E-state index < -0.39 is 5.92 Å². The van der Waals surface area contributed by atoms with Crippen LogP contribution in [0.25, 0.3) is 22.4 Å². The highest BCUT2D eigenvalue weighted by atomic mass is 35.5. The molecule has 8 nitrogen and oxygen atoms in total. The molecule has 11 heteroatoms. The molecule has 2 saturated heterocycles. The number of benzene rings is 1. The summed E-state index contributed by atoms with van der Waals surface area (Å²) in [6.45, 7) is 2.87. The molecule has 5 rings (SSSR count). The number of morpholine rings is 1. The smallest absolute Gasteiger partial charge is 0.296 e. The molecule has 1 amide bonds. The molecule has 1 N–H and O–H groups in total. The van der Waals surface area contributed by atoms with Crippen LogP contribution in [0.5, 0.6) is 6.01 Å². The Morgan fingerprint density at radius 3 is 2.53 bits per heavy atom. The standard InChI is InChI=1S/C23H24ClF2N5O3/c24-17-13-18-21(28-20(17)15-1-3-16(4-2-15)30-9-11-33-12-10-30)29-22(27-18)34-14-19(32)31-7-5-23(25,26)6-8-31/h1-4,13H,5-12,14H2,(H,27,28,29). The number of alkyl halides is 2. The molecule has 0 atom stereocenters. The largest absolute Gasteiger partial charge is 0.455 e. The maximum Gasteiger partial charge on any atom is 0.296 e. The lowest BCUT2D eigenvalue weighted by Crippen LogP contribution is -2.44. The van der Waals surface area contributed by atoms with E-state index in [1.54, 1.807) is 6.07 Å². The number of nitrogens with zero attached hydrogens (tertiary/aromatic N) is 4. The number of hydrogen-bond acceptors (Lipinski definition) is 6. The number of anilines is 1. The van der Waals surface area contributed by atoms with E-state index >= 15 is 0 Å². The minimum absolute atomic E-state index is 0.0141. The number of carbonyl (C=O) groups is 1. The second-order valence-corrected chi connectivity index (χ2v) is 8.81. The molecule has 2 aromatic heterocycles. The number of halogens is 3. The van der Waals surface area contributed by atoms with E-state index in [0.717, 1.165) is 37.6 Å². The Hall–Kier alpha value is -2.98. The van der Waals surface area contributed by atoms with Gasteiger partial charge in [-0.2, -0.15) is 4.98 Å². The minimum Gasteiger partial charge on any atom is -0.455 e. The van der Waals surface area contributed by atoms with Crippen LogP contribution in [0.15, 0.2) is 30.3 Å². The summed E-state index contributed by atoms with van der Waals surface area (Å²) < 4.78 is 37.5. The van der Waals surface area contributed by atoms with Gasteiger partial charge in [0.25, 0.3) is 17.8 Å². The average Bonchev–Trinajstić information content (AvgIpc) is 3.24. The zero-order valence-corrected chi connectivity index (χ0v) is 19.2. The van der Waals surface area contributed by atoms with Crippen LogP contribution < -0.4 is 9.64 Å². The number of carbonyl (C=O) groups excluding carboxylic acids is 1. The Morgan fingerprint density at radius 2 is 1.82 bits per heavy atom. The second kappa shape index (κ2) is 9.34. The average molecular weight is 492 g/mol. The zero-order chi connectivity index (χ0) is 23.7. The molecule has 2 fully saturated rings. The van der Waals surface area contributed by atoms with Crippen LogP contribution in [-0.4, -0.2) is 77.7 Å². The molecule has 0 bridgehead atoms. The minimum atomic E-state index is -2.71. The second-order valence-electron chi connectivity index (χ2n) is 8.40. The monoisotopic (exact) mass is 491 g/mol. The quantitative estimate of drug-likeness (QED) is 0.585. The van der Waals surface area contributed by atoms with Gasteiger partial charge in [0, 0.05) is 50.3 Å². The third kappa shape index (κ3) is 4.92. The Balaban J connectivity index is 1.27. The van der Waals surface area contributed by atoms with Gasteiger partial charge in [-0.05, 0) is 18.2 Å². The number of fused-ring (bicyclic) bond motifs is 1. The fourth-order valence-electron chi connectivity index (χ4n) is 4.12. The SMILES string of the molecule is O=C(COc1nc2nc(-c3ccc(N4CCOCC4)cc3)c(Cl)cc2[nH]1)N1CCC(F)(F)CC1. The molecule has 0 spiro atoms. The van der Waals surface area contributed by atoms with Gasteiger partial charge in [0.05, 0.1) is 29.4 Å². The van der Waals surface area contributed by atoms with Crippen LogP contribution in [-0.2, 0) is 9.53 Å². The van der Waals surface area contributed by atoms with Crippen LogP contribution in [0.4, 0.5) is 14.5 Å². The Kier molecular flexibility index (Phi) is 6.26. The molecule has 34 heavy (non-hydrogen) atoms. The first-order valence-corrected chi connectivity index (χ1v) is 11.5. The van der Waals surface area contributed by atoms with E-state index in [0.29, 0.717) is 21.9 Å². The van der Waals surface area contributed by atoms with Crippen LogP contribution in [0.2, 0.25) is 5.02 Å². The summed E-state index contributed by atoms with van der Waals surface area (Å²) in [4.78, 5) is 27.8. The van der Waals surface area contributed by atoms with E-state index in [-0.39, 0.29) is 44.5 Å². The van der Waals surface area contributed by atoms with Gasteiger partial charge in [-0.15, -0.1) is 0 Å². The first-order chi connectivity index (χ1) is 16.4. The molecule has 2 aliphatic heterocycles. The summed E-state index contributed by atoms with van der Waals surface area (Å²) in [7, 11) is 0. The van der Waals surface area contributed by atoms with Crippen molar-refractivity contribution in [2.45, 2.75) is 18.8 Å². The van der Waals surface area contributed by atoms with E-state index in [9.17, 15) is 13.6 Å². The number of pyridine rings is 1. The number of aromatic nitrogens is 3. The Bertz CT molecular complexity index is 1170. The van der Waals surface area contributed by atoms with Crippen LogP contribution in [0.1, 0.15) is 12.8 Å². The van der Waals surface area contributed by atoms with Crippen LogP contribution >= 0.6 is 11.6 Å². The van der Waals surface area contributed by atoms with Gasteiger partial charge in [-0.3, -0.25) is 4.79 Å². The highest BCUT2D eigenvalue weighted by molar-refractivity contribution is 6.33. The highest BCUT2D eigenvalue weighted by Gasteiger charge is 2.35. The lowest BCUT2D eigenvalue weighted by molar-refractivity contribution is -0.139. The fourth-order valence-corrected chi connectivity index (χ4v) is 4.38. The van der Waals surface area contributed by atoms with E-state index in [1.807, 2.05) is 24.3 Å². The summed E-state index contributed by atoms with van der Waals surface area (Å²) in [6.07, 6.45) is -0.663. The van der Waals surface area contributed by atoms with Gasteiger partial charge < -0.3 is 24.3 Å². The van der Waals surface area contributed by atoms with Crippen LogP contribution in [0.3, 0.4) is 0 Å². The molecule has 3 aromatic rings. The van der Waals surface area contributed by atoms with Crippen LogP contribution in [0, 0.1) is 0 Å². The maximum atomic E-state index is 13.3. The highest BCUT2D eigenvalue weighted by Crippen LogP contribution is 2.31. The zero-order valence-electron chi connectivity index (χ0n) is 18.4. The summed E-state index contributed by atoms with van der Waals surface area (Å²) in [5.41, 5.74) is 3.52. The molecule has 0 unspecified atom stereocenters. The Labute approximate surface area is 199 Å². The van der Waals surface area contributed by atoms with E-state index in [4.69, 9.17) is 21.1 Å². The molecule has 2 aliphatic rings. The number of amides is 1. The third-order valence-electron chi connectivity index (χ3n) is 6.10. The van der Waals surface area contributed by atoms with Crippen molar-refractivity contribution >= 4 is 34.4 Å². The van der Waals surface area contributed by atoms with Crippen molar-refractivity contribution in [3.05, 3.63) is 35.4 Å². The molecular weight excluding hydrogens is 468 g/mol. The molecule has 180 valence electrons. The maximum absolute atomic E-state index is 13.3. The number of hydrogen-bond donors (Lipinski definition) is 1. The molecular formula is C23H24ClF2N5O3. The summed E-state index contributed by atoms with van der Waals surface area (Å²) in [5, 5.41) is 0.451. The molecule has 0 saturated carbocycles. The number of piperidine rings is 1. The summed E-state index contributed by atoms with van der Waals surface area (Å²) in [5.74, 6) is -3.06. The third-order valence-corrected chi connectivity index (χ3v) is 6.39. The van der Waals surface area contributed by atoms with Crippen molar-refractivity contribution < 1.29 is 23.0 Å². The van der Waals surface area contributed by atoms with Crippen molar-refractivity contribution in [2.24, 2.45) is 0 Å². The Morgan fingerprint density at radius 1 is 1.12 bits per heavy atom. The van der Waals surface area contributed by atoms with Crippen molar-refractivity contribution in [1.82, 2.24) is 19.9 Å². The van der Waals surface area contributed by atoms with Gasteiger partial charge in [-0.25, -0.2) is 13.8 Å². The van der Waals surface area contributed by atoms with Gasteiger partial charge in [-0.1, -0.05) is 23.7 Å². The number of aromatic amines is 1. The van der Waals surface area contributed by atoms with Crippen molar-refractivity contribution in [3.8, 4) is 17.3 Å². The van der Waals surface area contributed by atoms with Crippen molar-refractivity contribution in [3.63, 3.8) is 0 Å². The first-order valence-electron chi connectivity index (χ1n) is 11.2. The fraction of sp³-hybridized carbons (Fsp3) is 0.435. The number of likely N-dealkylation sites (tertiary alicyclic amines) is 1. The van der Waals surface area contributed by atoms with Crippen molar-refractivity contribution in [2.75, 3.05) is 50.9 Å². The number of nitrogens with one attached hydrogen (secondary N) is 1. The van der Waals surface area contributed by atoms with Gasteiger partial charge >= 0.3 is 0 Å². The van der Waals surface area contributed by atoms with Crippen molar-refractivity contribution in [1.29, 1.82) is 0 Å². The van der Waals surface area contributed by atoms with E-state index in [2.05, 4.69) is 19.9 Å². The molecule has 0 aliphatic carbocycles. The van der Waals surface area contributed by atoms with E-state index in [1.165, 1.54) is 4.90 Å². The summed E-state index contributed by atoms with van der Waals surface area (Å²) in [6, 6.07) is 9.83. The van der Waals surface area contributed by atoms with Gasteiger partial charge in [0.2, 0.25) is 0 Å². The normalized spacial score (nSPS) is 18.3. The lowest BCUT2D eigenvalue weighted by atomic mass is 10.1. The molecule has 4 heterocycles. The predicted octanol–water partition coefficient (Wildman–Crippen LogP) is 3.75. The molecule has 0 radical (unpaired) electrons. The molecule has 1 aromatic carbocycles. The number of H-pyrrole nitrogens is 1.